The maximum atomic E-state index is 3.97. The van der Waals surface area contributed by atoms with Gasteiger partial charge in [0.25, 0.3) is 0 Å². The molecule has 3 nitrogen and oxygen atoms in total. The van der Waals surface area contributed by atoms with Crippen molar-refractivity contribution in [3.63, 3.8) is 0 Å². The highest BCUT2D eigenvalue weighted by molar-refractivity contribution is 5.55. The second-order valence-electron chi connectivity index (χ2n) is 3.33. The van der Waals surface area contributed by atoms with Gasteiger partial charge in [-0.15, -0.1) is 0 Å². The third-order valence-corrected chi connectivity index (χ3v) is 1.95. The van der Waals surface area contributed by atoms with Gasteiger partial charge >= 0.3 is 0 Å². The van der Waals surface area contributed by atoms with Crippen molar-refractivity contribution in [3.05, 3.63) is 23.2 Å². The number of nitrogens with zero attached hydrogens (tertiary/aromatic N) is 2. The SMILES string of the molecule is C=N/C(=C\c1cn[nH]c1C)C(C)C. The molecule has 0 fully saturated rings. The molecule has 0 aromatic carbocycles. The fourth-order valence-electron chi connectivity index (χ4n) is 1.06. The molecule has 0 bridgehead atoms. The smallest absolute Gasteiger partial charge is 0.0563 e. The normalized spacial score (nSPS) is 12.2. The van der Waals surface area contributed by atoms with Gasteiger partial charge < -0.3 is 0 Å². The van der Waals surface area contributed by atoms with E-state index in [4.69, 9.17) is 0 Å². The first-order valence-corrected chi connectivity index (χ1v) is 4.33. The Morgan fingerprint density at radius 2 is 2.38 bits per heavy atom. The third-order valence-electron chi connectivity index (χ3n) is 1.95. The lowest BCUT2D eigenvalue weighted by molar-refractivity contribution is 0.766. The molecule has 13 heavy (non-hydrogen) atoms. The molecule has 0 aliphatic carbocycles. The van der Waals surface area contributed by atoms with Crippen LogP contribution in [-0.2, 0) is 0 Å². The molecule has 1 aromatic rings. The van der Waals surface area contributed by atoms with Gasteiger partial charge in [0.2, 0.25) is 0 Å². The fraction of sp³-hybridized carbons (Fsp3) is 0.400. The van der Waals surface area contributed by atoms with Crippen LogP contribution in [0.2, 0.25) is 0 Å². The number of aromatic amines is 1. The molecule has 0 aliphatic heterocycles. The summed E-state index contributed by atoms with van der Waals surface area (Å²) in [5.41, 5.74) is 3.13. The average molecular weight is 177 g/mol. The number of allylic oxidation sites excluding steroid dienone is 1. The van der Waals surface area contributed by atoms with Crippen LogP contribution in [0, 0.1) is 12.8 Å². The highest BCUT2D eigenvalue weighted by atomic mass is 15.1. The topological polar surface area (TPSA) is 41.0 Å². The summed E-state index contributed by atoms with van der Waals surface area (Å²) in [6.45, 7) is 9.72. The monoisotopic (exact) mass is 177 g/mol. The quantitative estimate of drug-likeness (QED) is 0.708. The van der Waals surface area contributed by atoms with Crippen molar-refractivity contribution >= 4 is 12.8 Å². The van der Waals surface area contributed by atoms with Crippen LogP contribution in [0.25, 0.3) is 6.08 Å². The van der Waals surface area contributed by atoms with Gasteiger partial charge in [-0.05, 0) is 25.6 Å². The van der Waals surface area contributed by atoms with Crippen LogP contribution in [0.1, 0.15) is 25.1 Å². The molecule has 1 heterocycles. The van der Waals surface area contributed by atoms with Gasteiger partial charge in [0, 0.05) is 17.0 Å². The van der Waals surface area contributed by atoms with Gasteiger partial charge in [0.1, 0.15) is 0 Å². The van der Waals surface area contributed by atoms with Gasteiger partial charge in [-0.3, -0.25) is 10.1 Å². The molecule has 70 valence electrons. The highest BCUT2D eigenvalue weighted by Gasteiger charge is 2.02. The van der Waals surface area contributed by atoms with Crippen LogP contribution >= 0.6 is 0 Å². The van der Waals surface area contributed by atoms with Gasteiger partial charge in [0.05, 0.1) is 6.20 Å². The summed E-state index contributed by atoms with van der Waals surface area (Å²) in [4.78, 5) is 3.97. The Labute approximate surface area is 78.6 Å². The molecular weight excluding hydrogens is 162 g/mol. The molecule has 1 rings (SSSR count). The average Bonchev–Trinajstić information content (AvgIpc) is 2.46. The molecule has 0 aliphatic rings. The lowest BCUT2D eigenvalue weighted by Crippen LogP contribution is -1.90. The van der Waals surface area contributed by atoms with Crippen molar-refractivity contribution in [3.8, 4) is 0 Å². The van der Waals surface area contributed by atoms with Crippen LogP contribution in [0.3, 0.4) is 0 Å². The molecule has 0 atom stereocenters. The van der Waals surface area contributed by atoms with Gasteiger partial charge in [-0.2, -0.15) is 5.10 Å². The van der Waals surface area contributed by atoms with Crippen LogP contribution in [0.5, 0.6) is 0 Å². The first kappa shape index (κ1) is 9.71. The second kappa shape index (κ2) is 4.03. The van der Waals surface area contributed by atoms with E-state index in [1.54, 1.807) is 6.20 Å². The third kappa shape index (κ3) is 2.28. The number of aliphatic imine (C=N–C) groups is 1. The van der Waals surface area contributed by atoms with Crippen LogP contribution < -0.4 is 0 Å². The van der Waals surface area contributed by atoms with Crippen LogP contribution in [0.15, 0.2) is 16.9 Å². The zero-order chi connectivity index (χ0) is 9.84. The lowest BCUT2D eigenvalue weighted by Gasteiger charge is -2.03. The summed E-state index contributed by atoms with van der Waals surface area (Å²) in [6.07, 6.45) is 3.80. The Bertz CT molecular complexity index is 321. The second-order valence-corrected chi connectivity index (χ2v) is 3.33. The number of nitrogens with one attached hydrogen (secondary N) is 1. The maximum absolute atomic E-state index is 3.97. The van der Waals surface area contributed by atoms with E-state index in [0.29, 0.717) is 5.92 Å². The number of aromatic nitrogens is 2. The number of hydrogen-bond donors (Lipinski definition) is 1. The largest absolute Gasteiger partial charge is 0.282 e. The van der Waals surface area contributed by atoms with E-state index in [-0.39, 0.29) is 0 Å². The zero-order valence-corrected chi connectivity index (χ0v) is 8.33. The molecule has 3 heteroatoms. The van der Waals surface area contributed by atoms with Crippen molar-refractivity contribution in [2.24, 2.45) is 10.9 Å². The molecule has 0 spiro atoms. The standard InChI is InChI=1S/C10H15N3/c1-7(2)10(11-4)5-9-6-12-13-8(9)3/h5-7H,4H2,1-3H3,(H,12,13)/b10-5-. The number of aryl methyl sites for hydroxylation is 1. The van der Waals surface area contributed by atoms with Gasteiger partial charge in [-0.1, -0.05) is 13.8 Å². The Balaban J connectivity index is 2.98. The first-order chi connectivity index (χ1) is 6.15. The number of rotatable bonds is 3. The van der Waals surface area contributed by atoms with Crippen molar-refractivity contribution in [2.45, 2.75) is 20.8 Å². The molecular formula is C10H15N3. The molecule has 0 saturated heterocycles. The van der Waals surface area contributed by atoms with Crippen molar-refractivity contribution in [1.29, 1.82) is 0 Å². The summed E-state index contributed by atoms with van der Waals surface area (Å²) < 4.78 is 0. The minimum Gasteiger partial charge on any atom is -0.282 e. The summed E-state index contributed by atoms with van der Waals surface area (Å²) in [5.74, 6) is 0.395. The van der Waals surface area contributed by atoms with Crippen molar-refractivity contribution in [2.75, 3.05) is 0 Å². The number of H-pyrrole nitrogens is 1. The van der Waals surface area contributed by atoms with E-state index >= 15 is 0 Å². The minimum absolute atomic E-state index is 0.395. The Kier molecular flexibility index (Phi) is 3.01. The fourth-order valence-corrected chi connectivity index (χ4v) is 1.06. The predicted octanol–water partition coefficient (Wildman–Crippen LogP) is 2.42. The van der Waals surface area contributed by atoms with E-state index in [0.717, 1.165) is 17.0 Å². The number of hydrogen-bond acceptors (Lipinski definition) is 2. The van der Waals surface area contributed by atoms with Gasteiger partial charge in [0.15, 0.2) is 0 Å². The zero-order valence-electron chi connectivity index (χ0n) is 8.33. The predicted molar refractivity (Wildman–Crippen MR) is 55.7 cm³/mol. The first-order valence-electron chi connectivity index (χ1n) is 4.33. The summed E-state index contributed by atoms with van der Waals surface area (Å²) in [5, 5.41) is 6.82. The molecule has 0 radical (unpaired) electrons. The van der Waals surface area contributed by atoms with Crippen molar-refractivity contribution in [1.82, 2.24) is 10.2 Å². The molecule has 1 aromatic heterocycles. The van der Waals surface area contributed by atoms with Gasteiger partial charge in [-0.25, -0.2) is 0 Å². The molecule has 0 saturated carbocycles. The van der Waals surface area contributed by atoms with E-state index in [1.807, 2.05) is 13.0 Å². The lowest BCUT2D eigenvalue weighted by atomic mass is 10.1. The summed E-state index contributed by atoms with van der Waals surface area (Å²) in [7, 11) is 0. The molecule has 1 N–H and O–H groups in total. The minimum atomic E-state index is 0.395. The van der Waals surface area contributed by atoms with E-state index < -0.39 is 0 Å². The van der Waals surface area contributed by atoms with Crippen LogP contribution in [-0.4, -0.2) is 16.9 Å². The Hall–Kier alpha value is -1.38. The Morgan fingerprint density at radius 3 is 2.77 bits per heavy atom. The Morgan fingerprint density at radius 1 is 1.69 bits per heavy atom. The maximum Gasteiger partial charge on any atom is 0.0563 e. The molecule has 0 unspecified atom stereocenters. The van der Waals surface area contributed by atoms with E-state index in [1.165, 1.54) is 0 Å². The van der Waals surface area contributed by atoms with E-state index in [9.17, 15) is 0 Å². The highest BCUT2D eigenvalue weighted by Crippen LogP contribution is 2.16. The summed E-state index contributed by atoms with van der Waals surface area (Å²) in [6, 6.07) is 0. The van der Waals surface area contributed by atoms with Crippen molar-refractivity contribution < 1.29 is 0 Å². The summed E-state index contributed by atoms with van der Waals surface area (Å²) >= 11 is 0. The van der Waals surface area contributed by atoms with E-state index in [2.05, 4.69) is 35.8 Å². The van der Waals surface area contributed by atoms with Crippen LogP contribution in [0.4, 0.5) is 0 Å². The molecule has 0 amide bonds.